The number of hydrogen-bond donors (Lipinski definition) is 0. The lowest BCUT2D eigenvalue weighted by Crippen LogP contribution is -2.46. The number of aromatic nitrogens is 2. The number of likely N-dealkylation sites (N-methyl/N-ethyl adjacent to an activating group) is 1. The number of hydrogen-bond acceptors (Lipinski definition) is 6. The van der Waals surface area contributed by atoms with Gasteiger partial charge in [-0.2, -0.15) is 17.7 Å². The summed E-state index contributed by atoms with van der Waals surface area (Å²) in [5.41, 5.74) is 2.33. The number of benzene rings is 2. The molecule has 0 bridgehead atoms. The molecule has 9 nitrogen and oxygen atoms in total. The number of carbonyl (C=O) groups excluding carboxylic acids is 1. The van der Waals surface area contributed by atoms with Crippen molar-refractivity contribution in [3.8, 4) is 11.4 Å². The summed E-state index contributed by atoms with van der Waals surface area (Å²) in [6, 6.07) is 16.2. The molecule has 0 atom stereocenters. The summed E-state index contributed by atoms with van der Waals surface area (Å²) in [5, 5.41) is 3.96. The van der Waals surface area contributed by atoms with Crippen molar-refractivity contribution in [1.29, 1.82) is 0 Å². The van der Waals surface area contributed by atoms with E-state index in [-0.39, 0.29) is 19.0 Å². The van der Waals surface area contributed by atoms with Crippen molar-refractivity contribution in [3.05, 3.63) is 66.1 Å². The zero-order valence-electron chi connectivity index (χ0n) is 17.9. The molecule has 0 radical (unpaired) electrons. The minimum absolute atomic E-state index is 0.0579. The molecular formula is C21H25N5O4S. The minimum Gasteiger partial charge on any atom is -0.337 e. The number of amides is 1. The summed E-state index contributed by atoms with van der Waals surface area (Å²) < 4.78 is 32.9. The van der Waals surface area contributed by atoms with Crippen LogP contribution in [0, 0.1) is 6.92 Å². The van der Waals surface area contributed by atoms with Crippen molar-refractivity contribution in [2.45, 2.75) is 13.5 Å². The van der Waals surface area contributed by atoms with Gasteiger partial charge in [0.1, 0.15) is 6.54 Å². The maximum Gasteiger partial charge on any atom is 0.304 e. The predicted octanol–water partition coefficient (Wildman–Crippen LogP) is 2.32. The first-order chi connectivity index (χ1) is 14.7. The molecule has 31 heavy (non-hydrogen) atoms. The van der Waals surface area contributed by atoms with E-state index in [0.717, 1.165) is 19.7 Å². The van der Waals surface area contributed by atoms with Crippen LogP contribution in [0.5, 0.6) is 0 Å². The SMILES string of the molecule is Cc1ccc(-c2noc(CN(C)C(=O)CN(c3ccccc3)S(=O)(=O)N(C)C)n2)cc1. The Morgan fingerprint density at radius 1 is 1.00 bits per heavy atom. The zero-order valence-corrected chi connectivity index (χ0v) is 18.7. The Hall–Kier alpha value is -3.24. The number of para-hydroxylation sites is 1. The van der Waals surface area contributed by atoms with Crippen LogP contribution in [0.2, 0.25) is 0 Å². The second-order valence-electron chi connectivity index (χ2n) is 7.26. The first kappa shape index (κ1) is 22.4. The van der Waals surface area contributed by atoms with E-state index in [1.165, 1.54) is 19.0 Å². The fourth-order valence-electron chi connectivity index (χ4n) is 2.77. The Morgan fingerprint density at radius 2 is 1.65 bits per heavy atom. The van der Waals surface area contributed by atoms with Crippen LogP contribution in [0.15, 0.2) is 59.1 Å². The lowest BCUT2D eigenvalue weighted by molar-refractivity contribution is -0.129. The number of carbonyl (C=O) groups is 1. The average Bonchev–Trinajstić information content (AvgIpc) is 3.21. The minimum atomic E-state index is -3.86. The third-order valence-electron chi connectivity index (χ3n) is 4.64. The Morgan fingerprint density at radius 3 is 2.26 bits per heavy atom. The molecule has 3 aromatic rings. The summed E-state index contributed by atoms with van der Waals surface area (Å²) in [6.07, 6.45) is 0. The summed E-state index contributed by atoms with van der Waals surface area (Å²) in [6.45, 7) is 1.68. The molecule has 1 heterocycles. The summed E-state index contributed by atoms with van der Waals surface area (Å²) in [5.74, 6) is 0.273. The molecule has 1 amide bonds. The maximum absolute atomic E-state index is 12.8. The van der Waals surface area contributed by atoms with Gasteiger partial charge >= 0.3 is 10.2 Å². The van der Waals surface area contributed by atoms with Gasteiger partial charge in [0.05, 0.1) is 12.2 Å². The zero-order chi connectivity index (χ0) is 22.6. The van der Waals surface area contributed by atoms with Crippen molar-refractivity contribution in [3.63, 3.8) is 0 Å². The van der Waals surface area contributed by atoms with Crippen molar-refractivity contribution >= 4 is 21.8 Å². The molecule has 10 heteroatoms. The van der Waals surface area contributed by atoms with E-state index in [4.69, 9.17) is 4.52 Å². The average molecular weight is 444 g/mol. The van der Waals surface area contributed by atoms with E-state index >= 15 is 0 Å². The van der Waals surface area contributed by atoms with Crippen LogP contribution in [0.3, 0.4) is 0 Å². The molecule has 0 N–H and O–H groups in total. The van der Waals surface area contributed by atoms with Crippen molar-refractivity contribution in [2.24, 2.45) is 0 Å². The third-order valence-corrected chi connectivity index (χ3v) is 6.46. The van der Waals surface area contributed by atoms with E-state index in [1.54, 1.807) is 37.4 Å². The van der Waals surface area contributed by atoms with Crippen LogP contribution in [0.25, 0.3) is 11.4 Å². The maximum atomic E-state index is 12.8. The Balaban J connectivity index is 1.73. The highest BCUT2D eigenvalue weighted by atomic mass is 32.2. The van der Waals surface area contributed by atoms with Gasteiger partial charge in [-0.15, -0.1) is 0 Å². The first-order valence-corrected chi connectivity index (χ1v) is 11.0. The van der Waals surface area contributed by atoms with Gasteiger partial charge in [0, 0.05) is 26.7 Å². The predicted molar refractivity (Wildman–Crippen MR) is 117 cm³/mol. The molecule has 0 fully saturated rings. The first-order valence-electron chi connectivity index (χ1n) is 9.57. The molecule has 0 aliphatic heterocycles. The normalized spacial score (nSPS) is 11.5. The van der Waals surface area contributed by atoms with E-state index in [1.807, 2.05) is 31.2 Å². The lowest BCUT2D eigenvalue weighted by atomic mass is 10.1. The second-order valence-corrected chi connectivity index (χ2v) is 9.33. The van der Waals surface area contributed by atoms with Crippen LogP contribution in [-0.2, 0) is 21.5 Å². The van der Waals surface area contributed by atoms with Gasteiger partial charge in [0.15, 0.2) is 0 Å². The Bertz CT molecular complexity index is 1130. The molecule has 2 aromatic carbocycles. The van der Waals surface area contributed by atoms with Crippen LogP contribution >= 0.6 is 0 Å². The van der Waals surface area contributed by atoms with Gasteiger partial charge in [-0.3, -0.25) is 4.79 Å². The smallest absolute Gasteiger partial charge is 0.304 e. The van der Waals surface area contributed by atoms with Gasteiger partial charge in [-0.05, 0) is 19.1 Å². The van der Waals surface area contributed by atoms with E-state index in [9.17, 15) is 13.2 Å². The highest BCUT2D eigenvalue weighted by Crippen LogP contribution is 2.20. The molecule has 164 valence electrons. The number of aryl methyl sites for hydroxylation is 1. The molecule has 0 aliphatic rings. The molecule has 0 spiro atoms. The van der Waals surface area contributed by atoms with Gasteiger partial charge in [0.2, 0.25) is 17.6 Å². The highest BCUT2D eigenvalue weighted by molar-refractivity contribution is 7.90. The van der Waals surface area contributed by atoms with E-state index < -0.39 is 16.1 Å². The highest BCUT2D eigenvalue weighted by Gasteiger charge is 2.28. The molecule has 0 aliphatic carbocycles. The van der Waals surface area contributed by atoms with Crippen LogP contribution < -0.4 is 4.31 Å². The lowest BCUT2D eigenvalue weighted by Gasteiger charge is -2.28. The quantitative estimate of drug-likeness (QED) is 0.530. The van der Waals surface area contributed by atoms with Crippen LogP contribution in [0.4, 0.5) is 5.69 Å². The van der Waals surface area contributed by atoms with Crippen molar-refractivity contribution in [1.82, 2.24) is 19.3 Å². The monoisotopic (exact) mass is 443 g/mol. The van der Waals surface area contributed by atoms with Crippen molar-refractivity contribution in [2.75, 3.05) is 32.0 Å². The summed E-state index contributed by atoms with van der Waals surface area (Å²) in [7, 11) is 0.540. The molecule has 0 saturated heterocycles. The third kappa shape index (κ3) is 5.28. The summed E-state index contributed by atoms with van der Waals surface area (Å²) in [4.78, 5) is 18.5. The van der Waals surface area contributed by atoms with Gasteiger partial charge in [-0.25, -0.2) is 4.31 Å². The van der Waals surface area contributed by atoms with E-state index in [2.05, 4.69) is 10.1 Å². The molecule has 1 aromatic heterocycles. The molecular weight excluding hydrogens is 418 g/mol. The Labute approximate surface area is 182 Å². The largest absolute Gasteiger partial charge is 0.337 e. The number of nitrogens with zero attached hydrogens (tertiary/aromatic N) is 5. The van der Waals surface area contributed by atoms with E-state index in [0.29, 0.717) is 11.5 Å². The van der Waals surface area contributed by atoms with Crippen LogP contribution in [0.1, 0.15) is 11.5 Å². The summed E-state index contributed by atoms with van der Waals surface area (Å²) >= 11 is 0. The molecule has 0 saturated carbocycles. The fourth-order valence-corrected chi connectivity index (χ4v) is 3.83. The second kappa shape index (κ2) is 9.27. The van der Waals surface area contributed by atoms with Crippen LogP contribution in [-0.4, -0.2) is 61.4 Å². The Kier molecular flexibility index (Phi) is 6.71. The standard InChI is InChI=1S/C21H25N5O4S/c1-16-10-12-17(13-11-16)21-22-19(30-23-21)14-25(4)20(27)15-26(31(28,29)24(2)3)18-8-6-5-7-9-18/h5-13H,14-15H2,1-4H3. The fraction of sp³-hybridized carbons (Fsp3) is 0.286. The van der Waals surface area contributed by atoms with Gasteiger partial charge in [0.25, 0.3) is 0 Å². The number of rotatable bonds is 8. The molecule has 3 rings (SSSR count). The molecule has 0 unspecified atom stereocenters. The van der Waals surface area contributed by atoms with Crippen molar-refractivity contribution < 1.29 is 17.7 Å². The van der Waals surface area contributed by atoms with Gasteiger partial charge in [-0.1, -0.05) is 53.2 Å². The number of anilines is 1. The topological polar surface area (TPSA) is 99.8 Å². The van der Waals surface area contributed by atoms with Gasteiger partial charge < -0.3 is 9.42 Å².